The Balaban J connectivity index is 1.53. The van der Waals surface area contributed by atoms with Gasteiger partial charge in [0.15, 0.2) is 0 Å². The number of fused-ring (bicyclic) bond motifs is 3. The minimum absolute atomic E-state index is 0.331. The van der Waals surface area contributed by atoms with Crippen LogP contribution in [0.4, 0.5) is 0 Å². The van der Waals surface area contributed by atoms with Crippen LogP contribution in [-0.4, -0.2) is 35.1 Å². The highest BCUT2D eigenvalue weighted by atomic mass is 16.5. The highest BCUT2D eigenvalue weighted by Crippen LogP contribution is 2.35. The van der Waals surface area contributed by atoms with Crippen LogP contribution in [0.15, 0.2) is 36.4 Å². The molecule has 0 amide bonds. The lowest BCUT2D eigenvalue weighted by atomic mass is 10.0. The number of ether oxygens (including phenoxy) is 1. The molecule has 2 bridgehead atoms. The topological polar surface area (TPSA) is 25.4 Å². The van der Waals surface area contributed by atoms with Gasteiger partial charge in [-0.15, -0.1) is 0 Å². The Hall–Kier alpha value is -1.61. The predicted octanol–water partition coefficient (Wildman–Crippen LogP) is 3.24. The van der Waals surface area contributed by atoms with Gasteiger partial charge >= 0.3 is 0 Å². The van der Waals surface area contributed by atoms with Crippen LogP contribution in [0.3, 0.4) is 0 Å². The third kappa shape index (κ3) is 2.06. The van der Waals surface area contributed by atoms with E-state index < -0.39 is 0 Å². The summed E-state index contributed by atoms with van der Waals surface area (Å²) in [6, 6.07) is 13.7. The maximum atomic E-state index is 6.15. The molecule has 0 aliphatic carbocycles. The van der Waals surface area contributed by atoms with Gasteiger partial charge < -0.3 is 9.64 Å². The molecule has 0 radical (unpaired) electrons. The van der Waals surface area contributed by atoms with Crippen molar-refractivity contribution < 1.29 is 4.74 Å². The number of hydrogen-bond acceptors (Lipinski definition) is 3. The molecule has 1 aromatic carbocycles. The number of pyridine rings is 1. The van der Waals surface area contributed by atoms with Gasteiger partial charge in [-0.2, -0.15) is 0 Å². The maximum absolute atomic E-state index is 6.15. The van der Waals surface area contributed by atoms with E-state index in [-0.39, 0.29) is 0 Å². The fourth-order valence-electron chi connectivity index (χ4n) is 3.74. The molecule has 3 atom stereocenters. The summed E-state index contributed by atoms with van der Waals surface area (Å²) in [4.78, 5) is 7.16. The van der Waals surface area contributed by atoms with Crippen molar-refractivity contribution in [2.45, 2.75) is 43.9 Å². The molecule has 2 fully saturated rings. The molecule has 0 saturated carbocycles. The normalized spacial score (nSPS) is 29.8. The van der Waals surface area contributed by atoms with Crippen molar-refractivity contribution in [2.75, 3.05) is 7.05 Å². The van der Waals surface area contributed by atoms with Crippen LogP contribution in [0.2, 0.25) is 0 Å². The van der Waals surface area contributed by atoms with Crippen LogP contribution in [-0.2, 0) is 0 Å². The van der Waals surface area contributed by atoms with Gasteiger partial charge in [0.05, 0.1) is 5.52 Å². The van der Waals surface area contributed by atoms with E-state index in [0.29, 0.717) is 18.2 Å². The average Bonchev–Trinajstić information content (AvgIpc) is 2.70. The third-order valence-corrected chi connectivity index (χ3v) is 4.92. The van der Waals surface area contributed by atoms with Crippen LogP contribution < -0.4 is 4.74 Å². The van der Waals surface area contributed by atoms with Gasteiger partial charge in [0, 0.05) is 23.5 Å². The smallest absolute Gasteiger partial charge is 0.214 e. The summed E-state index contributed by atoms with van der Waals surface area (Å²) in [5, 5.41) is 1.17. The number of benzene rings is 1. The van der Waals surface area contributed by atoms with E-state index >= 15 is 0 Å². The number of nitrogens with zero attached hydrogens (tertiary/aromatic N) is 2. The van der Waals surface area contributed by atoms with Crippen LogP contribution >= 0.6 is 0 Å². The number of para-hydroxylation sites is 1. The summed E-state index contributed by atoms with van der Waals surface area (Å²) >= 11 is 0. The molecule has 3 heteroatoms. The number of aromatic nitrogens is 1. The largest absolute Gasteiger partial charge is 0.474 e. The second-order valence-electron chi connectivity index (χ2n) is 6.10. The average molecular weight is 268 g/mol. The molecular formula is C17H20N2O. The zero-order chi connectivity index (χ0) is 13.5. The summed E-state index contributed by atoms with van der Waals surface area (Å²) in [5.74, 6) is 0.776. The molecule has 0 N–H and O–H groups in total. The van der Waals surface area contributed by atoms with Crippen LogP contribution in [0.25, 0.3) is 10.9 Å². The van der Waals surface area contributed by atoms with Crippen molar-refractivity contribution >= 4 is 10.9 Å². The van der Waals surface area contributed by atoms with Crippen LogP contribution in [0.5, 0.6) is 5.88 Å². The maximum Gasteiger partial charge on any atom is 0.214 e. The van der Waals surface area contributed by atoms with Crippen molar-refractivity contribution in [2.24, 2.45) is 0 Å². The molecule has 2 saturated heterocycles. The molecule has 4 rings (SSSR count). The van der Waals surface area contributed by atoms with Gasteiger partial charge in [0.2, 0.25) is 5.88 Å². The van der Waals surface area contributed by atoms with Crippen LogP contribution in [0.1, 0.15) is 25.7 Å². The Labute approximate surface area is 119 Å². The molecular weight excluding hydrogens is 248 g/mol. The van der Waals surface area contributed by atoms with E-state index in [0.717, 1.165) is 24.2 Å². The molecule has 3 nitrogen and oxygen atoms in total. The summed E-state index contributed by atoms with van der Waals surface area (Å²) < 4.78 is 6.15. The van der Waals surface area contributed by atoms with Gasteiger partial charge in [-0.05, 0) is 44.9 Å². The Bertz CT molecular complexity index is 613. The zero-order valence-corrected chi connectivity index (χ0v) is 11.8. The van der Waals surface area contributed by atoms with Crippen LogP contribution in [0, 0.1) is 0 Å². The summed E-state index contributed by atoms with van der Waals surface area (Å²) in [6.07, 6.45) is 5.26. The van der Waals surface area contributed by atoms with Gasteiger partial charge in [-0.25, -0.2) is 4.98 Å². The van der Waals surface area contributed by atoms with Gasteiger partial charge in [0.1, 0.15) is 6.10 Å². The number of rotatable bonds is 2. The fourth-order valence-corrected chi connectivity index (χ4v) is 3.74. The first-order valence-electron chi connectivity index (χ1n) is 7.54. The number of hydrogen-bond donors (Lipinski definition) is 0. The molecule has 3 heterocycles. The Morgan fingerprint density at radius 2 is 1.80 bits per heavy atom. The second kappa shape index (κ2) is 4.74. The van der Waals surface area contributed by atoms with E-state index in [9.17, 15) is 0 Å². The highest BCUT2D eigenvalue weighted by molar-refractivity contribution is 5.78. The lowest BCUT2D eigenvalue weighted by molar-refractivity contribution is 0.0635. The Morgan fingerprint density at radius 1 is 1.05 bits per heavy atom. The van der Waals surface area contributed by atoms with Crippen molar-refractivity contribution in [3.05, 3.63) is 36.4 Å². The summed E-state index contributed by atoms with van der Waals surface area (Å²) in [6.45, 7) is 0. The Kier molecular flexibility index (Phi) is 2.88. The van der Waals surface area contributed by atoms with Gasteiger partial charge in [-0.3, -0.25) is 0 Å². The first-order valence-corrected chi connectivity index (χ1v) is 7.54. The van der Waals surface area contributed by atoms with E-state index in [1.807, 2.05) is 24.3 Å². The second-order valence-corrected chi connectivity index (χ2v) is 6.10. The first kappa shape index (κ1) is 12.2. The van der Waals surface area contributed by atoms with Crippen molar-refractivity contribution in [3.8, 4) is 5.88 Å². The zero-order valence-electron chi connectivity index (χ0n) is 11.8. The van der Waals surface area contributed by atoms with E-state index in [4.69, 9.17) is 4.74 Å². The van der Waals surface area contributed by atoms with Gasteiger partial charge in [-0.1, -0.05) is 18.2 Å². The molecule has 0 unspecified atom stereocenters. The molecule has 1 aromatic heterocycles. The predicted molar refractivity (Wildman–Crippen MR) is 80.0 cm³/mol. The molecule has 0 spiro atoms. The van der Waals surface area contributed by atoms with Gasteiger partial charge in [0.25, 0.3) is 0 Å². The quantitative estimate of drug-likeness (QED) is 0.836. The molecule has 2 aromatic rings. The standard InChI is InChI=1S/C17H20N2O/c1-19-13-7-8-14(19)11-15(10-13)20-17-9-6-12-4-2-3-5-16(12)18-17/h2-6,9,13-15H,7-8,10-11H2,1H3/t13-,14+,15+. The van der Waals surface area contributed by atoms with E-state index in [2.05, 4.69) is 29.1 Å². The van der Waals surface area contributed by atoms with E-state index in [1.54, 1.807) is 0 Å². The van der Waals surface area contributed by atoms with E-state index in [1.165, 1.54) is 18.2 Å². The van der Waals surface area contributed by atoms with Crippen molar-refractivity contribution in [1.82, 2.24) is 9.88 Å². The molecule has 2 aliphatic heterocycles. The minimum atomic E-state index is 0.331. The lowest BCUT2D eigenvalue weighted by Gasteiger charge is -2.36. The number of piperidine rings is 1. The minimum Gasteiger partial charge on any atom is -0.474 e. The van der Waals surface area contributed by atoms with Crippen molar-refractivity contribution in [3.63, 3.8) is 0 Å². The molecule has 104 valence electrons. The lowest BCUT2D eigenvalue weighted by Crippen LogP contribution is -2.43. The third-order valence-electron chi connectivity index (χ3n) is 4.92. The summed E-state index contributed by atoms with van der Waals surface area (Å²) in [7, 11) is 2.26. The molecule has 2 aliphatic rings. The first-order chi connectivity index (χ1) is 9.79. The Morgan fingerprint density at radius 3 is 2.60 bits per heavy atom. The van der Waals surface area contributed by atoms with Crippen molar-refractivity contribution in [1.29, 1.82) is 0 Å². The molecule has 20 heavy (non-hydrogen) atoms. The summed E-state index contributed by atoms with van der Waals surface area (Å²) in [5.41, 5.74) is 1.01. The fraction of sp³-hybridized carbons (Fsp3) is 0.471. The SMILES string of the molecule is CN1[C@@H]2CC[C@H]1C[C@@H](Oc1ccc3ccccc3n1)C2. The monoisotopic (exact) mass is 268 g/mol. The highest BCUT2D eigenvalue weighted by Gasteiger charge is 2.39.